The number of carbonyl (C=O) groups excluding carboxylic acids is 1. The van der Waals surface area contributed by atoms with Crippen molar-refractivity contribution < 1.29 is 4.79 Å². The SMILES string of the molecule is O=C1Cc2cc(Nc3ncnc4cc(Br)ccc34)ccc2N1. The molecule has 0 unspecified atom stereocenters. The molecule has 0 saturated heterocycles. The second-order valence-electron chi connectivity index (χ2n) is 5.11. The molecule has 6 heteroatoms. The lowest BCUT2D eigenvalue weighted by Gasteiger charge is -2.09. The molecule has 0 atom stereocenters. The molecule has 0 radical (unpaired) electrons. The Bertz CT molecular complexity index is 910. The van der Waals surface area contributed by atoms with Gasteiger partial charge >= 0.3 is 0 Å². The summed E-state index contributed by atoms with van der Waals surface area (Å²) < 4.78 is 0.978. The fourth-order valence-electron chi connectivity index (χ4n) is 2.57. The van der Waals surface area contributed by atoms with Crippen molar-refractivity contribution >= 4 is 49.9 Å². The van der Waals surface area contributed by atoms with Crippen LogP contribution < -0.4 is 10.6 Å². The van der Waals surface area contributed by atoms with Crippen molar-refractivity contribution in [2.45, 2.75) is 6.42 Å². The van der Waals surface area contributed by atoms with Crippen LogP contribution in [-0.4, -0.2) is 15.9 Å². The van der Waals surface area contributed by atoms with E-state index in [0.717, 1.165) is 38.1 Å². The van der Waals surface area contributed by atoms with Crippen LogP contribution in [0.4, 0.5) is 17.2 Å². The molecule has 0 saturated carbocycles. The summed E-state index contributed by atoms with van der Waals surface area (Å²) >= 11 is 3.44. The van der Waals surface area contributed by atoms with Gasteiger partial charge in [0, 0.05) is 21.2 Å². The van der Waals surface area contributed by atoms with Gasteiger partial charge in [-0.25, -0.2) is 9.97 Å². The summed E-state index contributed by atoms with van der Waals surface area (Å²) in [5.41, 5.74) is 3.64. The van der Waals surface area contributed by atoms with Gasteiger partial charge in [-0.1, -0.05) is 15.9 Å². The number of carbonyl (C=O) groups is 1. The van der Waals surface area contributed by atoms with E-state index in [0.29, 0.717) is 6.42 Å². The van der Waals surface area contributed by atoms with E-state index in [1.807, 2.05) is 36.4 Å². The van der Waals surface area contributed by atoms with Crippen LogP contribution in [0, 0.1) is 0 Å². The third-order valence-corrected chi connectivity index (χ3v) is 4.08. The summed E-state index contributed by atoms with van der Waals surface area (Å²) in [5.74, 6) is 0.777. The van der Waals surface area contributed by atoms with Crippen LogP contribution in [0.1, 0.15) is 5.56 Å². The van der Waals surface area contributed by atoms with Crippen molar-refractivity contribution in [2.75, 3.05) is 10.6 Å². The molecule has 2 heterocycles. The average Bonchev–Trinajstić information content (AvgIpc) is 2.86. The molecule has 0 aliphatic carbocycles. The quantitative estimate of drug-likeness (QED) is 0.737. The molecule has 0 fully saturated rings. The Morgan fingerprint density at radius 1 is 1.14 bits per heavy atom. The number of hydrogen-bond donors (Lipinski definition) is 2. The van der Waals surface area contributed by atoms with E-state index in [2.05, 4.69) is 36.5 Å². The summed E-state index contributed by atoms with van der Waals surface area (Å²) in [6.45, 7) is 0. The second kappa shape index (κ2) is 5.06. The number of nitrogens with one attached hydrogen (secondary N) is 2. The lowest BCUT2D eigenvalue weighted by atomic mass is 10.1. The molecule has 1 aliphatic heterocycles. The maximum Gasteiger partial charge on any atom is 0.228 e. The molecular weight excluding hydrogens is 344 g/mol. The smallest absolute Gasteiger partial charge is 0.228 e. The summed E-state index contributed by atoms with van der Waals surface area (Å²) in [7, 11) is 0. The Hall–Kier alpha value is -2.47. The molecule has 22 heavy (non-hydrogen) atoms. The normalized spacial score (nSPS) is 13.0. The number of anilines is 3. The maximum atomic E-state index is 11.4. The number of hydrogen-bond acceptors (Lipinski definition) is 4. The zero-order chi connectivity index (χ0) is 15.1. The molecule has 5 nitrogen and oxygen atoms in total. The van der Waals surface area contributed by atoms with Gasteiger partial charge in [0.05, 0.1) is 11.9 Å². The fraction of sp³-hybridized carbons (Fsp3) is 0.0625. The molecule has 4 rings (SSSR count). The minimum atomic E-state index is 0.0319. The molecule has 1 aromatic heterocycles. The Morgan fingerprint density at radius 2 is 2.05 bits per heavy atom. The Labute approximate surface area is 134 Å². The Kier molecular flexibility index (Phi) is 3.04. The first-order valence-electron chi connectivity index (χ1n) is 6.79. The van der Waals surface area contributed by atoms with Gasteiger partial charge in [0.25, 0.3) is 0 Å². The summed E-state index contributed by atoms with van der Waals surface area (Å²) in [6, 6.07) is 11.7. The van der Waals surface area contributed by atoms with E-state index >= 15 is 0 Å². The first-order chi connectivity index (χ1) is 10.7. The first kappa shape index (κ1) is 13.2. The van der Waals surface area contributed by atoms with Crippen LogP contribution in [0.3, 0.4) is 0 Å². The van der Waals surface area contributed by atoms with Crippen LogP contribution in [0.5, 0.6) is 0 Å². The standard InChI is InChI=1S/C16H11BrN4O/c17-10-1-3-12-14(7-10)18-8-19-16(12)20-11-2-4-13-9(5-11)6-15(22)21-13/h1-5,7-8H,6H2,(H,21,22)(H,18,19,20). The summed E-state index contributed by atoms with van der Waals surface area (Å²) in [5, 5.41) is 7.08. The highest BCUT2D eigenvalue weighted by molar-refractivity contribution is 9.10. The van der Waals surface area contributed by atoms with Crippen LogP contribution in [0.2, 0.25) is 0 Å². The monoisotopic (exact) mass is 354 g/mol. The Balaban J connectivity index is 1.72. The number of amides is 1. The zero-order valence-corrected chi connectivity index (χ0v) is 13.0. The molecule has 2 N–H and O–H groups in total. The molecule has 108 valence electrons. The molecule has 1 aliphatic rings. The van der Waals surface area contributed by atoms with Crippen molar-refractivity contribution in [3.05, 3.63) is 52.8 Å². The van der Waals surface area contributed by atoms with E-state index in [1.54, 1.807) is 0 Å². The van der Waals surface area contributed by atoms with Gasteiger partial charge < -0.3 is 10.6 Å². The number of rotatable bonds is 2. The van der Waals surface area contributed by atoms with Crippen molar-refractivity contribution in [3.63, 3.8) is 0 Å². The molecule has 2 aromatic carbocycles. The highest BCUT2D eigenvalue weighted by Gasteiger charge is 2.17. The molecule has 1 amide bonds. The van der Waals surface area contributed by atoms with Crippen molar-refractivity contribution in [2.24, 2.45) is 0 Å². The Morgan fingerprint density at radius 3 is 2.95 bits per heavy atom. The highest BCUT2D eigenvalue weighted by atomic mass is 79.9. The van der Waals surface area contributed by atoms with Crippen molar-refractivity contribution in [3.8, 4) is 0 Å². The predicted octanol–water partition coefficient (Wildman–Crippen LogP) is 3.63. The van der Waals surface area contributed by atoms with Crippen molar-refractivity contribution in [1.82, 2.24) is 9.97 Å². The second-order valence-corrected chi connectivity index (χ2v) is 6.02. The van der Waals surface area contributed by atoms with E-state index in [4.69, 9.17) is 0 Å². The summed E-state index contributed by atoms with van der Waals surface area (Å²) in [4.78, 5) is 20.0. The minimum Gasteiger partial charge on any atom is -0.340 e. The number of halogens is 1. The predicted molar refractivity (Wildman–Crippen MR) is 89.3 cm³/mol. The number of benzene rings is 2. The minimum absolute atomic E-state index is 0.0319. The lowest BCUT2D eigenvalue weighted by molar-refractivity contribution is -0.115. The van der Waals surface area contributed by atoms with Gasteiger partial charge in [-0.3, -0.25) is 4.79 Å². The summed E-state index contributed by atoms with van der Waals surface area (Å²) in [6.07, 6.45) is 1.96. The van der Waals surface area contributed by atoms with E-state index in [-0.39, 0.29) is 5.91 Å². The zero-order valence-electron chi connectivity index (χ0n) is 11.4. The first-order valence-corrected chi connectivity index (χ1v) is 7.58. The molecule has 0 spiro atoms. The van der Waals surface area contributed by atoms with Gasteiger partial charge in [-0.2, -0.15) is 0 Å². The average molecular weight is 355 g/mol. The van der Waals surface area contributed by atoms with Crippen molar-refractivity contribution in [1.29, 1.82) is 0 Å². The number of nitrogens with zero attached hydrogens (tertiary/aromatic N) is 2. The molecule has 0 bridgehead atoms. The number of aromatic nitrogens is 2. The molecule has 3 aromatic rings. The van der Waals surface area contributed by atoms with E-state index < -0.39 is 0 Å². The lowest BCUT2D eigenvalue weighted by Crippen LogP contribution is -2.03. The van der Waals surface area contributed by atoms with Gasteiger partial charge in [0.15, 0.2) is 0 Å². The van der Waals surface area contributed by atoms with Crippen LogP contribution in [-0.2, 0) is 11.2 Å². The van der Waals surface area contributed by atoms with Crippen LogP contribution in [0.15, 0.2) is 47.2 Å². The third-order valence-electron chi connectivity index (χ3n) is 3.59. The fourth-order valence-corrected chi connectivity index (χ4v) is 2.92. The van der Waals surface area contributed by atoms with Gasteiger partial charge in [0.1, 0.15) is 12.1 Å². The van der Waals surface area contributed by atoms with E-state index in [1.165, 1.54) is 6.33 Å². The van der Waals surface area contributed by atoms with Gasteiger partial charge in [0.2, 0.25) is 5.91 Å². The van der Waals surface area contributed by atoms with Gasteiger partial charge in [-0.05, 0) is 42.0 Å². The topological polar surface area (TPSA) is 66.9 Å². The number of fused-ring (bicyclic) bond motifs is 2. The largest absolute Gasteiger partial charge is 0.340 e. The maximum absolute atomic E-state index is 11.4. The molecular formula is C16H11BrN4O. The highest BCUT2D eigenvalue weighted by Crippen LogP contribution is 2.29. The third kappa shape index (κ3) is 2.31. The van der Waals surface area contributed by atoms with Crippen LogP contribution >= 0.6 is 15.9 Å². The van der Waals surface area contributed by atoms with Crippen LogP contribution in [0.25, 0.3) is 10.9 Å². The van der Waals surface area contributed by atoms with E-state index in [9.17, 15) is 4.79 Å². The van der Waals surface area contributed by atoms with Gasteiger partial charge in [-0.15, -0.1) is 0 Å².